The molecule has 0 aliphatic heterocycles. The van der Waals surface area contributed by atoms with Gasteiger partial charge in [-0.3, -0.25) is 10.1 Å². The van der Waals surface area contributed by atoms with Crippen LogP contribution in [-0.2, 0) is 53.6 Å². The third-order valence-electron chi connectivity index (χ3n) is 5.65. The van der Waals surface area contributed by atoms with Crippen LogP contribution in [0.2, 0.25) is 20.1 Å². The Labute approximate surface area is 392 Å². The van der Waals surface area contributed by atoms with Gasteiger partial charge in [0.05, 0.1) is 50.9 Å². The van der Waals surface area contributed by atoms with Gasteiger partial charge in [0.25, 0.3) is 5.69 Å². The van der Waals surface area contributed by atoms with Gasteiger partial charge in [-0.05, 0) is 82.7 Å². The Hall–Kier alpha value is -0.382. The van der Waals surface area contributed by atoms with Crippen molar-refractivity contribution in [2.75, 3.05) is 36.5 Å². The fraction of sp³-hybridized carbons (Fsp3) is 0.143. The van der Waals surface area contributed by atoms with Gasteiger partial charge >= 0.3 is 65.0 Å². The molecule has 0 saturated heterocycles. The van der Waals surface area contributed by atoms with Gasteiger partial charge in [0.15, 0.2) is 39.3 Å². The molecule has 0 heterocycles. The number of nitrogens with zero attached hydrogens (tertiary/aromatic N) is 1. The number of halogens is 8. The molecule has 4 aromatic carbocycles. The molecule has 2 radical (unpaired) electrons. The normalized spacial score (nSPS) is 10.5. The van der Waals surface area contributed by atoms with Gasteiger partial charge in [-0.25, -0.2) is 33.7 Å². The third-order valence-corrected chi connectivity index (χ3v) is 12.3. The second kappa shape index (κ2) is 29.0. The molecule has 0 spiro atoms. The van der Waals surface area contributed by atoms with Crippen molar-refractivity contribution in [1.82, 2.24) is 0 Å². The number of benzene rings is 4. The molecule has 0 amide bonds. The second-order valence-electron chi connectivity index (χ2n) is 9.97. The van der Waals surface area contributed by atoms with Crippen molar-refractivity contribution < 1.29 is 63.8 Å². The first-order valence-electron chi connectivity index (χ1n) is 13.3. The molecular formula is C28H32Br2Cl6CuN3O12S4Sn. The van der Waals surface area contributed by atoms with Crippen molar-refractivity contribution in [2.45, 2.75) is 19.6 Å². The average Bonchev–Trinajstić information content (AvgIpc) is 3.05. The van der Waals surface area contributed by atoms with E-state index in [0.29, 0.717) is 19.5 Å². The maximum atomic E-state index is 11.1. The van der Waals surface area contributed by atoms with Crippen LogP contribution in [0.3, 0.4) is 0 Å². The molecule has 15 nitrogen and oxygen atoms in total. The van der Waals surface area contributed by atoms with Crippen LogP contribution in [0.1, 0.15) is 0 Å². The number of nitrogens with two attached hydrogens (primary N) is 2. The molecule has 29 heteroatoms. The summed E-state index contributed by atoms with van der Waals surface area (Å²) in [5, 5.41) is 11.6. The molecule has 0 bridgehead atoms. The van der Waals surface area contributed by atoms with Crippen LogP contribution in [0.4, 0.5) is 17.1 Å². The molecule has 0 saturated carbocycles. The Bertz CT molecular complexity index is 2200. The van der Waals surface area contributed by atoms with E-state index in [-0.39, 0.29) is 46.9 Å². The third kappa shape index (κ3) is 25.2. The van der Waals surface area contributed by atoms with Gasteiger partial charge in [-0.1, -0.05) is 46.4 Å². The average molecular weight is 1290 g/mol. The summed E-state index contributed by atoms with van der Waals surface area (Å²) >= 11 is 31.2. The van der Waals surface area contributed by atoms with Crippen molar-refractivity contribution in [3.8, 4) is 0 Å². The predicted octanol–water partition coefficient (Wildman–Crippen LogP) is 7.00. The van der Waals surface area contributed by atoms with E-state index in [1.165, 1.54) is 60.7 Å². The summed E-state index contributed by atoms with van der Waals surface area (Å²) in [6, 6.07) is 16.3. The SMILES string of the molecule is CS(=O)(=O)c1ccc(Cl)c(Br)c1.CS(=O)(=O)c1ccc(Cl)c(N)c1.CS(=O)(=O)c1ccc(Cl)c(N)c1.CS(=O)(=O)c1ccc(Cl)c([N+](=O)[O-])c1.O.O.[Cl][Sn][Cl].[Cu][Br]. The maximum absolute atomic E-state index is 11.1. The van der Waals surface area contributed by atoms with E-state index in [4.69, 9.17) is 75.7 Å². The van der Waals surface area contributed by atoms with Gasteiger partial charge in [0.2, 0.25) is 0 Å². The number of nitrogen functional groups attached to an aromatic ring is 2. The van der Waals surface area contributed by atoms with E-state index >= 15 is 0 Å². The summed E-state index contributed by atoms with van der Waals surface area (Å²) < 4.78 is 88.8. The van der Waals surface area contributed by atoms with E-state index < -0.39 is 68.8 Å². The Morgan fingerprint density at radius 2 is 0.807 bits per heavy atom. The number of nitro groups is 1. The number of anilines is 2. The predicted molar refractivity (Wildman–Crippen MR) is 235 cm³/mol. The minimum atomic E-state index is -3.44. The number of hydrogen-bond acceptors (Lipinski definition) is 12. The van der Waals surface area contributed by atoms with Crippen molar-refractivity contribution in [2.24, 2.45) is 0 Å². The number of nitro benzene ring substituents is 1. The van der Waals surface area contributed by atoms with Crippen molar-refractivity contribution in [1.29, 1.82) is 0 Å². The van der Waals surface area contributed by atoms with Gasteiger partial charge in [0, 0.05) is 35.6 Å². The van der Waals surface area contributed by atoms with E-state index in [1.807, 2.05) is 0 Å². The van der Waals surface area contributed by atoms with Crippen LogP contribution >= 0.6 is 94.3 Å². The molecule has 0 aliphatic carbocycles. The first-order chi connectivity index (χ1) is 25.0. The van der Waals surface area contributed by atoms with Crippen LogP contribution in [0.5, 0.6) is 0 Å². The Morgan fingerprint density at radius 1 is 0.561 bits per heavy atom. The molecular weight excluding hydrogens is 1250 g/mol. The van der Waals surface area contributed by atoms with Gasteiger partial charge in [-0.15, -0.1) is 0 Å². The molecule has 8 N–H and O–H groups in total. The first kappa shape index (κ1) is 63.3. The van der Waals surface area contributed by atoms with Crippen LogP contribution in [0.15, 0.2) is 96.9 Å². The quantitative estimate of drug-likeness (QED) is 0.0884. The Balaban J connectivity index is -0.000000313. The van der Waals surface area contributed by atoms with E-state index in [2.05, 4.69) is 44.2 Å². The Morgan fingerprint density at radius 3 is 1.05 bits per heavy atom. The van der Waals surface area contributed by atoms with Crippen LogP contribution in [0.25, 0.3) is 0 Å². The van der Waals surface area contributed by atoms with Crippen molar-refractivity contribution in [3.05, 3.63) is 107 Å². The molecule has 0 fully saturated rings. The van der Waals surface area contributed by atoms with Crippen molar-refractivity contribution in [3.63, 3.8) is 0 Å². The van der Waals surface area contributed by atoms with Crippen molar-refractivity contribution >= 4 is 170 Å². The summed E-state index contributed by atoms with van der Waals surface area (Å²) in [5.41, 5.74) is 11.0. The van der Waals surface area contributed by atoms with E-state index in [0.717, 1.165) is 31.1 Å². The minimum absolute atomic E-state index is 0. The monoisotopic (exact) mass is 1280 g/mol. The summed E-state index contributed by atoms with van der Waals surface area (Å²) in [5.74, 6) is 0. The van der Waals surface area contributed by atoms with Crippen LogP contribution in [-0.4, -0.2) is 93.5 Å². The molecule has 57 heavy (non-hydrogen) atoms. The zero-order valence-electron chi connectivity index (χ0n) is 29.1. The summed E-state index contributed by atoms with van der Waals surface area (Å²) in [4.78, 5) is 10.2. The molecule has 4 rings (SSSR count). The van der Waals surface area contributed by atoms with E-state index in [1.54, 1.807) is 6.07 Å². The standard InChI is InChI=1S/C7H6BrClO2S.C7H6ClNO4S.2C7H8ClNO2S.BrH.2ClH.Cu.2H2O.Sn/c1-12(10,11)5-2-3-7(9)6(8)4-5;1-14(12,13)5-2-3-6(8)7(4-5)9(10)11;2*1-12(10,11)5-2-3-6(8)7(9)4-5;;;;;;;/h2-4H,1H3;2-4H,1H3;2*2-4H,9H2,1H3;3*1H;;2*1H2;/q;;;;;;;+1;;;+2/p-3. The van der Waals surface area contributed by atoms with Gasteiger partial charge in [-0.2, -0.15) is 0 Å². The topological polar surface area (TPSA) is 295 Å². The second-order valence-corrected chi connectivity index (χ2v) is 24.8. The molecule has 0 unspecified atom stereocenters. The van der Waals surface area contributed by atoms with E-state index in [9.17, 15) is 43.8 Å². The zero-order valence-corrected chi connectivity index (χ0v) is 43.8. The summed E-state index contributed by atoms with van der Waals surface area (Å²) in [6.07, 6.45) is 4.37. The molecule has 326 valence electrons. The van der Waals surface area contributed by atoms with Gasteiger partial charge in [0.1, 0.15) is 5.02 Å². The molecule has 4 aromatic rings. The fourth-order valence-electron chi connectivity index (χ4n) is 3.08. The first-order valence-corrected chi connectivity index (χ1v) is 32.8. The summed E-state index contributed by atoms with van der Waals surface area (Å²) in [7, 11) is -3.06. The Kier molecular flexibility index (Phi) is 32.2. The van der Waals surface area contributed by atoms with Gasteiger partial charge < -0.3 is 22.4 Å². The number of hydrogen-bond donors (Lipinski definition) is 2. The fourth-order valence-corrected chi connectivity index (χ4v) is 6.75. The van der Waals surface area contributed by atoms with Crippen LogP contribution < -0.4 is 11.5 Å². The van der Waals surface area contributed by atoms with Crippen LogP contribution in [0, 0.1) is 10.1 Å². The zero-order chi connectivity index (χ0) is 43.7. The number of sulfone groups is 4. The number of rotatable bonds is 5. The summed E-state index contributed by atoms with van der Waals surface area (Å²) in [6.45, 7) is 0. The molecule has 0 aliphatic rings. The molecule has 0 atom stereocenters. The molecule has 0 aromatic heterocycles.